The highest BCUT2D eigenvalue weighted by Gasteiger charge is 2.53. The minimum Gasteiger partial charge on any atom is -0.330 e. The molecular formula is C18H14ClN3O4. The summed E-state index contributed by atoms with van der Waals surface area (Å²) < 4.78 is 0. The van der Waals surface area contributed by atoms with E-state index in [0.29, 0.717) is 10.6 Å². The molecule has 2 aromatic carbocycles. The van der Waals surface area contributed by atoms with Gasteiger partial charge in [-0.1, -0.05) is 54.1 Å². The number of hydrogen-bond acceptors (Lipinski definition) is 4. The van der Waals surface area contributed by atoms with E-state index in [1.807, 2.05) is 10.6 Å². The number of halogens is 1. The van der Waals surface area contributed by atoms with E-state index in [-0.39, 0.29) is 12.0 Å². The van der Waals surface area contributed by atoms with E-state index >= 15 is 0 Å². The minimum atomic E-state index is -2.04. The van der Waals surface area contributed by atoms with Crippen molar-refractivity contribution in [2.75, 3.05) is 0 Å². The van der Waals surface area contributed by atoms with Crippen LogP contribution in [0.5, 0.6) is 0 Å². The van der Waals surface area contributed by atoms with Gasteiger partial charge in [0.25, 0.3) is 11.8 Å². The average Bonchev–Trinajstić information content (AvgIpc) is 2.59. The molecule has 1 fully saturated rings. The van der Waals surface area contributed by atoms with Crippen LogP contribution >= 0.6 is 11.6 Å². The maximum absolute atomic E-state index is 12.6. The molecule has 7 nitrogen and oxygen atoms in total. The van der Waals surface area contributed by atoms with Gasteiger partial charge in [0, 0.05) is 5.02 Å². The summed E-state index contributed by atoms with van der Waals surface area (Å²) in [5.41, 5.74) is -1.18. The van der Waals surface area contributed by atoms with Crippen molar-refractivity contribution in [1.82, 2.24) is 16.0 Å². The van der Waals surface area contributed by atoms with Gasteiger partial charge in [-0.05, 0) is 23.3 Å². The first-order valence-corrected chi connectivity index (χ1v) is 8.07. The normalized spacial score (nSPS) is 15.8. The van der Waals surface area contributed by atoms with Crippen LogP contribution in [-0.2, 0) is 26.3 Å². The van der Waals surface area contributed by atoms with Gasteiger partial charge in [0.1, 0.15) is 0 Å². The molecule has 5 amide bonds. The maximum Gasteiger partial charge on any atom is 0.328 e. The lowest BCUT2D eigenvalue weighted by atomic mass is 9.86. The molecule has 0 radical (unpaired) electrons. The monoisotopic (exact) mass is 371 g/mol. The SMILES string of the molecule is O=C(Cc1cccc(Cl)c1)NC1(c2ccccc2)C(=O)NC(=O)NC1=O. The van der Waals surface area contributed by atoms with Crippen molar-refractivity contribution in [1.29, 1.82) is 0 Å². The third-order valence-corrected chi connectivity index (χ3v) is 4.16. The van der Waals surface area contributed by atoms with Gasteiger partial charge in [-0.15, -0.1) is 0 Å². The molecule has 0 atom stereocenters. The number of carbonyl (C=O) groups is 4. The zero-order valence-electron chi connectivity index (χ0n) is 13.4. The van der Waals surface area contributed by atoms with Crippen molar-refractivity contribution < 1.29 is 19.2 Å². The maximum atomic E-state index is 12.6. The van der Waals surface area contributed by atoms with Crippen LogP contribution in [0, 0.1) is 0 Å². The quantitative estimate of drug-likeness (QED) is 0.704. The predicted molar refractivity (Wildman–Crippen MR) is 93.1 cm³/mol. The summed E-state index contributed by atoms with van der Waals surface area (Å²) in [7, 11) is 0. The smallest absolute Gasteiger partial charge is 0.328 e. The van der Waals surface area contributed by atoms with Crippen LogP contribution in [0.1, 0.15) is 11.1 Å². The van der Waals surface area contributed by atoms with E-state index in [1.165, 1.54) is 12.1 Å². The molecule has 132 valence electrons. The second-order valence-corrected chi connectivity index (χ2v) is 6.14. The molecular weight excluding hydrogens is 358 g/mol. The van der Waals surface area contributed by atoms with E-state index in [9.17, 15) is 19.2 Å². The van der Waals surface area contributed by atoms with Crippen molar-refractivity contribution in [3.8, 4) is 0 Å². The molecule has 0 aromatic heterocycles. The molecule has 0 saturated carbocycles. The molecule has 1 aliphatic heterocycles. The molecule has 1 aliphatic rings. The molecule has 1 heterocycles. The summed E-state index contributed by atoms with van der Waals surface area (Å²) in [5.74, 6) is -2.41. The largest absolute Gasteiger partial charge is 0.330 e. The zero-order valence-corrected chi connectivity index (χ0v) is 14.2. The number of urea groups is 1. The van der Waals surface area contributed by atoms with Crippen molar-refractivity contribution in [2.45, 2.75) is 12.0 Å². The fourth-order valence-electron chi connectivity index (χ4n) is 2.75. The Morgan fingerprint density at radius 3 is 2.23 bits per heavy atom. The van der Waals surface area contributed by atoms with Crippen LogP contribution < -0.4 is 16.0 Å². The fourth-order valence-corrected chi connectivity index (χ4v) is 2.96. The van der Waals surface area contributed by atoms with E-state index in [4.69, 9.17) is 11.6 Å². The highest BCUT2D eigenvalue weighted by Crippen LogP contribution is 2.24. The number of carbonyl (C=O) groups excluding carboxylic acids is 4. The van der Waals surface area contributed by atoms with Crippen molar-refractivity contribution in [3.05, 3.63) is 70.7 Å². The number of benzene rings is 2. The Balaban J connectivity index is 1.94. The lowest BCUT2D eigenvalue weighted by Crippen LogP contribution is -2.71. The van der Waals surface area contributed by atoms with Crippen LogP contribution in [-0.4, -0.2) is 23.8 Å². The molecule has 1 saturated heterocycles. The summed E-state index contributed by atoms with van der Waals surface area (Å²) in [4.78, 5) is 49.1. The number of rotatable bonds is 4. The number of nitrogens with one attached hydrogen (secondary N) is 3. The summed E-state index contributed by atoms with van der Waals surface area (Å²) in [5, 5.41) is 7.01. The Morgan fingerprint density at radius 2 is 1.62 bits per heavy atom. The van der Waals surface area contributed by atoms with Gasteiger partial charge in [-0.2, -0.15) is 0 Å². The second-order valence-electron chi connectivity index (χ2n) is 5.71. The summed E-state index contributed by atoms with van der Waals surface area (Å²) in [6.45, 7) is 0. The van der Waals surface area contributed by atoms with Gasteiger partial charge in [0.05, 0.1) is 6.42 Å². The van der Waals surface area contributed by atoms with Gasteiger partial charge >= 0.3 is 6.03 Å². The van der Waals surface area contributed by atoms with E-state index in [1.54, 1.807) is 42.5 Å². The molecule has 0 bridgehead atoms. The molecule has 2 aromatic rings. The lowest BCUT2D eigenvalue weighted by Gasteiger charge is -2.34. The van der Waals surface area contributed by atoms with Crippen molar-refractivity contribution in [2.24, 2.45) is 0 Å². The van der Waals surface area contributed by atoms with Gasteiger partial charge in [0.2, 0.25) is 11.4 Å². The van der Waals surface area contributed by atoms with Crippen molar-refractivity contribution in [3.63, 3.8) is 0 Å². The fraction of sp³-hybridized carbons (Fsp3) is 0.111. The third kappa shape index (κ3) is 3.29. The summed E-state index contributed by atoms with van der Waals surface area (Å²) in [6, 6.07) is 13.7. The number of barbiturate groups is 1. The highest BCUT2D eigenvalue weighted by atomic mass is 35.5. The highest BCUT2D eigenvalue weighted by molar-refractivity contribution is 6.30. The summed E-state index contributed by atoms with van der Waals surface area (Å²) >= 11 is 5.91. The Hall–Kier alpha value is -3.19. The molecule has 26 heavy (non-hydrogen) atoms. The Morgan fingerprint density at radius 1 is 0.962 bits per heavy atom. The summed E-state index contributed by atoms with van der Waals surface area (Å²) in [6.07, 6.45) is -0.0936. The van der Waals surface area contributed by atoms with Crippen molar-refractivity contribution >= 4 is 35.4 Å². The van der Waals surface area contributed by atoms with Crippen LogP contribution in [0.3, 0.4) is 0 Å². The topological polar surface area (TPSA) is 104 Å². The van der Waals surface area contributed by atoms with Crippen LogP contribution in [0.2, 0.25) is 5.02 Å². The Kier molecular flexibility index (Phi) is 4.73. The lowest BCUT2D eigenvalue weighted by molar-refractivity contribution is -0.144. The Bertz CT molecular complexity index is 878. The van der Waals surface area contributed by atoms with Gasteiger partial charge in [-0.25, -0.2) is 4.79 Å². The predicted octanol–water partition coefficient (Wildman–Crippen LogP) is 1.26. The molecule has 3 rings (SSSR count). The van der Waals surface area contributed by atoms with Gasteiger partial charge in [0.15, 0.2) is 0 Å². The number of imide groups is 2. The van der Waals surface area contributed by atoms with E-state index in [0.717, 1.165) is 0 Å². The van der Waals surface area contributed by atoms with Gasteiger partial charge < -0.3 is 5.32 Å². The average molecular weight is 372 g/mol. The second kappa shape index (κ2) is 6.97. The third-order valence-electron chi connectivity index (χ3n) is 3.92. The number of hydrogen-bond donors (Lipinski definition) is 3. The first-order chi connectivity index (χ1) is 12.4. The molecule has 3 N–H and O–H groups in total. The Labute approximate surface area is 153 Å². The van der Waals surface area contributed by atoms with E-state index in [2.05, 4.69) is 5.32 Å². The van der Waals surface area contributed by atoms with Crippen LogP contribution in [0.25, 0.3) is 0 Å². The number of amides is 5. The molecule has 0 spiro atoms. The van der Waals surface area contributed by atoms with Crippen LogP contribution in [0.15, 0.2) is 54.6 Å². The molecule has 8 heteroatoms. The zero-order chi connectivity index (χ0) is 18.7. The molecule has 0 aliphatic carbocycles. The first kappa shape index (κ1) is 17.6. The van der Waals surface area contributed by atoms with E-state index < -0.39 is 29.3 Å². The van der Waals surface area contributed by atoms with Gasteiger partial charge in [-0.3, -0.25) is 25.0 Å². The standard InChI is InChI=1S/C18H14ClN3O4/c19-13-8-4-5-11(9-13)10-14(23)22-18(12-6-2-1-3-7-12)15(24)20-17(26)21-16(18)25/h1-9H,10H2,(H,22,23)(H2,20,21,24,25,26). The molecule has 0 unspecified atom stereocenters. The first-order valence-electron chi connectivity index (χ1n) is 7.69. The van der Waals surface area contributed by atoms with Crippen LogP contribution in [0.4, 0.5) is 4.79 Å². The minimum absolute atomic E-state index is 0.0936.